The molecule has 2 nitrogen and oxygen atoms in total. The van der Waals surface area contributed by atoms with E-state index in [2.05, 4.69) is 50.5 Å². The second-order valence-electron chi connectivity index (χ2n) is 10.3. The van der Waals surface area contributed by atoms with Crippen LogP contribution in [-0.4, -0.2) is 9.97 Å². The standard InChI is InChI=1S/C32H52N2/c1-3-5-7-9-11-13-15-17-19-21-29-23-25-31(33-27-29)32-26-24-30(28-34-32)22-20-18-16-14-12-10-8-6-4-2/h23-28H,3-22H2,1-2H3. The third-order valence-electron chi connectivity index (χ3n) is 7.05. The molecule has 0 aromatic carbocycles. The van der Waals surface area contributed by atoms with Crippen LogP contribution in [0.25, 0.3) is 11.4 Å². The first kappa shape index (κ1) is 28.5. The van der Waals surface area contributed by atoms with Crippen LogP contribution < -0.4 is 0 Å². The summed E-state index contributed by atoms with van der Waals surface area (Å²) in [5.41, 5.74) is 4.69. The zero-order valence-electron chi connectivity index (χ0n) is 22.5. The Kier molecular flexibility index (Phi) is 16.4. The quantitative estimate of drug-likeness (QED) is 0.172. The topological polar surface area (TPSA) is 25.8 Å². The summed E-state index contributed by atoms with van der Waals surface area (Å²) >= 11 is 0. The first-order chi connectivity index (χ1) is 16.8. The monoisotopic (exact) mass is 464 g/mol. The molecular weight excluding hydrogens is 412 g/mol. The molecule has 0 saturated heterocycles. The van der Waals surface area contributed by atoms with Gasteiger partial charge in [0.1, 0.15) is 0 Å². The Labute approximate surface area is 211 Å². The third-order valence-corrected chi connectivity index (χ3v) is 7.05. The van der Waals surface area contributed by atoms with Crippen LogP contribution in [0.3, 0.4) is 0 Å². The Morgan fingerprint density at radius 3 is 1.03 bits per heavy atom. The van der Waals surface area contributed by atoms with Crippen molar-refractivity contribution >= 4 is 0 Å². The first-order valence-corrected chi connectivity index (χ1v) is 14.7. The van der Waals surface area contributed by atoms with E-state index in [1.54, 1.807) is 0 Å². The van der Waals surface area contributed by atoms with Crippen LogP contribution in [0.2, 0.25) is 0 Å². The van der Waals surface area contributed by atoms with Crippen molar-refractivity contribution in [2.45, 2.75) is 142 Å². The normalized spacial score (nSPS) is 11.2. The molecule has 0 N–H and O–H groups in total. The number of rotatable bonds is 21. The van der Waals surface area contributed by atoms with Gasteiger partial charge >= 0.3 is 0 Å². The van der Waals surface area contributed by atoms with Gasteiger partial charge in [-0.1, -0.05) is 129 Å². The van der Waals surface area contributed by atoms with Crippen LogP contribution in [0.1, 0.15) is 141 Å². The lowest BCUT2D eigenvalue weighted by Crippen LogP contribution is -1.93. The zero-order chi connectivity index (χ0) is 24.1. The first-order valence-electron chi connectivity index (χ1n) is 14.7. The number of unbranched alkanes of at least 4 members (excludes halogenated alkanes) is 16. The van der Waals surface area contributed by atoms with Gasteiger partial charge in [0.05, 0.1) is 11.4 Å². The second-order valence-corrected chi connectivity index (χ2v) is 10.3. The highest BCUT2D eigenvalue weighted by Crippen LogP contribution is 2.18. The maximum absolute atomic E-state index is 4.70. The maximum Gasteiger partial charge on any atom is 0.0886 e. The number of hydrogen-bond acceptors (Lipinski definition) is 2. The summed E-state index contributed by atoms with van der Waals surface area (Å²) in [4.78, 5) is 9.39. The third kappa shape index (κ3) is 13.3. The summed E-state index contributed by atoms with van der Waals surface area (Å²) in [6.45, 7) is 4.57. The van der Waals surface area contributed by atoms with Gasteiger partial charge in [0.25, 0.3) is 0 Å². The van der Waals surface area contributed by atoms with Gasteiger partial charge in [-0.05, 0) is 48.9 Å². The van der Waals surface area contributed by atoms with Gasteiger partial charge in [-0.3, -0.25) is 9.97 Å². The molecule has 0 spiro atoms. The van der Waals surface area contributed by atoms with E-state index in [9.17, 15) is 0 Å². The molecular formula is C32H52N2. The minimum Gasteiger partial charge on any atom is -0.254 e. The van der Waals surface area contributed by atoms with Crippen LogP contribution in [0.5, 0.6) is 0 Å². The van der Waals surface area contributed by atoms with Crippen molar-refractivity contribution in [1.29, 1.82) is 0 Å². The second kappa shape index (κ2) is 19.6. The molecule has 0 amide bonds. The molecule has 190 valence electrons. The SMILES string of the molecule is CCCCCCCCCCCc1ccc(-c2ccc(CCCCCCCCCCC)cn2)nc1. The van der Waals surface area contributed by atoms with Crippen molar-refractivity contribution in [2.75, 3.05) is 0 Å². The fourth-order valence-electron chi connectivity index (χ4n) is 4.73. The zero-order valence-corrected chi connectivity index (χ0v) is 22.5. The van der Waals surface area contributed by atoms with E-state index in [-0.39, 0.29) is 0 Å². The van der Waals surface area contributed by atoms with Crippen LogP contribution in [0.15, 0.2) is 36.7 Å². The van der Waals surface area contributed by atoms with Crippen LogP contribution in [0, 0.1) is 0 Å². The molecule has 0 radical (unpaired) electrons. The molecule has 34 heavy (non-hydrogen) atoms. The molecule has 2 heterocycles. The Bertz CT molecular complexity index is 641. The van der Waals surface area contributed by atoms with E-state index >= 15 is 0 Å². The Hall–Kier alpha value is -1.70. The van der Waals surface area contributed by atoms with Crippen LogP contribution in [-0.2, 0) is 12.8 Å². The van der Waals surface area contributed by atoms with Crippen molar-refractivity contribution in [3.63, 3.8) is 0 Å². The van der Waals surface area contributed by atoms with E-state index in [0.29, 0.717) is 0 Å². The van der Waals surface area contributed by atoms with Gasteiger partial charge in [-0.25, -0.2) is 0 Å². The predicted octanol–water partition coefficient (Wildman–Crippen LogP) is 10.3. The Morgan fingerprint density at radius 1 is 0.412 bits per heavy atom. The predicted molar refractivity (Wildman–Crippen MR) is 149 cm³/mol. The van der Waals surface area contributed by atoms with E-state index in [1.807, 2.05) is 0 Å². The smallest absolute Gasteiger partial charge is 0.0886 e. The van der Waals surface area contributed by atoms with E-state index < -0.39 is 0 Å². The Morgan fingerprint density at radius 2 is 0.735 bits per heavy atom. The van der Waals surface area contributed by atoms with Gasteiger partial charge in [-0.2, -0.15) is 0 Å². The lowest BCUT2D eigenvalue weighted by atomic mass is 10.0. The van der Waals surface area contributed by atoms with Gasteiger partial charge in [0, 0.05) is 12.4 Å². The van der Waals surface area contributed by atoms with Gasteiger partial charge in [0.15, 0.2) is 0 Å². The summed E-state index contributed by atoms with van der Waals surface area (Å²) < 4.78 is 0. The maximum atomic E-state index is 4.70. The van der Waals surface area contributed by atoms with E-state index in [4.69, 9.17) is 9.97 Å². The fraction of sp³-hybridized carbons (Fsp3) is 0.688. The molecule has 0 atom stereocenters. The van der Waals surface area contributed by atoms with Crippen LogP contribution in [0.4, 0.5) is 0 Å². The summed E-state index contributed by atoms with van der Waals surface area (Å²) in [5, 5.41) is 0. The lowest BCUT2D eigenvalue weighted by molar-refractivity contribution is 0.564. The summed E-state index contributed by atoms with van der Waals surface area (Å²) in [5.74, 6) is 0. The van der Waals surface area contributed by atoms with Crippen molar-refractivity contribution in [3.05, 3.63) is 47.8 Å². The molecule has 2 aromatic heterocycles. The highest BCUT2D eigenvalue weighted by Gasteiger charge is 2.03. The largest absolute Gasteiger partial charge is 0.254 e. The molecule has 0 aliphatic heterocycles. The molecule has 2 aromatic rings. The van der Waals surface area contributed by atoms with E-state index in [1.165, 1.54) is 127 Å². The lowest BCUT2D eigenvalue weighted by Gasteiger charge is -2.06. The molecule has 0 aliphatic rings. The summed E-state index contributed by atoms with van der Waals surface area (Å²) in [7, 11) is 0. The van der Waals surface area contributed by atoms with Crippen LogP contribution >= 0.6 is 0 Å². The van der Waals surface area contributed by atoms with Crippen molar-refractivity contribution < 1.29 is 0 Å². The van der Waals surface area contributed by atoms with Crippen molar-refractivity contribution in [1.82, 2.24) is 9.97 Å². The Balaban J connectivity index is 1.57. The molecule has 0 saturated carbocycles. The molecule has 0 unspecified atom stereocenters. The average Bonchev–Trinajstić information content (AvgIpc) is 2.87. The van der Waals surface area contributed by atoms with E-state index in [0.717, 1.165) is 24.2 Å². The number of pyridine rings is 2. The minimum atomic E-state index is 0.991. The molecule has 2 rings (SSSR count). The summed E-state index contributed by atoms with van der Waals surface area (Å²) in [6.07, 6.45) is 31.2. The average molecular weight is 465 g/mol. The van der Waals surface area contributed by atoms with Gasteiger partial charge in [0.2, 0.25) is 0 Å². The molecule has 0 bridgehead atoms. The number of nitrogens with zero attached hydrogens (tertiary/aromatic N) is 2. The molecule has 0 fully saturated rings. The van der Waals surface area contributed by atoms with Gasteiger partial charge < -0.3 is 0 Å². The number of hydrogen-bond donors (Lipinski definition) is 0. The van der Waals surface area contributed by atoms with Crippen molar-refractivity contribution in [3.8, 4) is 11.4 Å². The highest BCUT2D eigenvalue weighted by atomic mass is 14.8. The molecule has 0 aliphatic carbocycles. The summed E-state index contributed by atoms with van der Waals surface area (Å²) in [6, 6.07) is 8.77. The van der Waals surface area contributed by atoms with Gasteiger partial charge in [-0.15, -0.1) is 0 Å². The highest BCUT2D eigenvalue weighted by molar-refractivity contribution is 5.54. The number of aryl methyl sites for hydroxylation is 2. The molecule has 2 heteroatoms. The number of aromatic nitrogens is 2. The fourth-order valence-corrected chi connectivity index (χ4v) is 4.73. The minimum absolute atomic E-state index is 0.991. The van der Waals surface area contributed by atoms with Crippen molar-refractivity contribution in [2.24, 2.45) is 0 Å².